The molecule has 3 heteroatoms. The van der Waals surface area contributed by atoms with E-state index in [9.17, 15) is 4.79 Å². The highest BCUT2D eigenvalue weighted by molar-refractivity contribution is 5.48. The van der Waals surface area contributed by atoms with Crippen LogP contribution in [0.15, 0.2) is 30.3 Å². The summed E-state index contributed by atoms with van der Waals surface area (Å²) in [7, 11) is 0. The Morgan fingerprint density at radius 1 is 1.15 bits per heavy atom. The summed E-state index contributed by atoms with van der Waals surface area (Å²) < 4.78 is 0. The van der Waals surface area contributed by atoms with Gasteiger partial charge in [-0.2, -0.15) is 0 Å². The summed E-state index contributed by atoms with van der Waals surface area (Å²) in [5, 5.41) is 3.66. The third kappa shape index (κ3) is 3.83. The third-order valence-corrected chi connectivity index (χ3v) is 3.98. The van der Waals surface area contributed by atoms with Crippen LogP contribution in [0.5, 0.6) is 0 Å². The predicted octanol–water partition coefficient (Wildman–Crippen LogP) is 2.95. The number of nitrogens with zero attached hydrogens (tertiary/aromatic N) is 1. The highest BCUT2D eigenvalue weighted by Crippen LogP contribution is 2.31. The van der Waals surface area contributed by atoms with Gasteiger partial charge < -0.3 is 10.2 Å². The van der Waals surface area contributed by atoms with E-state index in [-0.39, 0.29) is 11.1 Å². The second-order valence-corrected chi connectivity index (χ2v) is 7.22. The first-order valence-electron chi connectivity index (χ1n) is 7.36. The van der Waals surface area contributed by atoms with Gasteiger partial charge in [-0.1, -0.05) is 30.3 Å². The molecule has 1 saturated heterocycles. The number of rotatable bonds is 4. The summed E-state index contributed by atoms with van der Waals surface area (Å²) in [5.74, 6) is 0. The zero-order chi connectivity index (χ0) is 14.8. The van der Waals surface area contributed by atoms with E-state index >= 15 is 0 Å². The number of amides is 1. The molecule has 1 aliphatic rings. The van der Waals surface area contributed by atoms with Crippen LogP contribution in [-0.2, 0) is 11.3 Å². The fourth-order valence-corrected chi connectivity index (χ4v) is 3.55. The standard InChI is InChI=1S/C17H26N2O/c1-16(2)10-15(11-17(3,4)18-16)19(13-20)12-14-8-6-5-7-9-14/h5-9,13,15,18H,10-12H2,1-4H3. The molecule has 1 aromatic rings. The van der Waals surface area contributed by atoms with Gasteiger partial charge in [-0.3, -0.25) is 4.79 Å². The summed E-state index contributed by atoms with van der Waals surface area (Å²) in [5.41, 5.74) is 1.31. The molecular formula is C17H26N2O. The van der Waals surface area contributed by atoms with Crippen LogP contribution in [0.1, 0.15) is 46.1 Å². The highest BCUT2D eigenvalue weighted by atomic mass is 16.1. The molecule has 1 aromatic carbocycles. The van der Waals surface area contributed by atoms with Crippen LogP contribution in [-0.4, -0.2) is 28.4 Å². The van der Waals surface area contributed by atoms with Gasteiger partial charge in [0.2, 0.25) is 6.41 Å². The monoisotopic (exact) mass is 274 g/mol. The maximum absolute atomic E-state index is 11.5. The lowest BCUT2D eigenvalue weighted by atomic mass is 9.79. The van der Waals surface area contributed by atoms with Crippen molar-refractivity contribution in [2.24, 2.45) is 0 Å². The fraction of sp³-hybridized carbons (Fsp3) is 0.588. The molecule has 2 rings (SSSR count). The van der Waals surface area contributed by atoms with Gasteiger partial charge in [0, 0.05) is 23.7 Å². The van der Waals surface area contributed by atoms with Crippen LogP contribution < -0.4 is 5.32 Å². The Labute approximate surface area is 122 Å². The van der Waals surface area contributed by atoms with Gasteiger partial charge in [-0.15, -0.1) is 0 Å². The first-order valence-corrected chi connectivity index (χ1v) is 7.36. The van der Waals surface area contributed by atoms with Crippen LogP contribution in [0.2, 0.25) is 0 Å². The smallest absolute Gasteiger partial charge is 0.210 e. The van der Waals surface area contributed by atoms with E-state index < -0.39 is 0 Å². The normalized spacial score (nSPS) is 21.4. The molecule has 0 atom stereocenters. The molecule has 1 heterocycles. The number of nitrogens with one attached hydrogen (secondary N) is 1. The van der Waals surface area contributed by atoms with Crippen molar-refractivity contribution in [3.63, 3.8) is 0 Å². The zero-order valence-electron chi connectivity index (χ0n) is 13.0. The lowest BCUT2D eigenvalue weighted by Crippen LogP contribution is -2.62. The average Bonchev–Trinajstić information content (AvgIpc) is 2.33. The highest BCUT2D eigenvalue weighted by Gasteiger charge is 2.39. The van der Waals surface area contributed by atoms with Crippen molar-refractivity contribution >= 4 is 6.41 Å². The first-order chi connectivity index (χ1) is 9.31. The third-order valence-electron chi connectivity index (χ3n) is 3.98. The molecule has 1 aliphatic heterocycles. The van der Waals surface area contributed by atoms with E-state index in [2.05, 4.69) is 45.1 Å². The van der Waals surface area contributed by atoms with E-state index in [4.69, 9.17) is 0 Å². The van der Waals surface area contributed by atoms with Crippen LogP contribution in [0.3, 0.4) is 0 Å². The van der Waals surface area contributed by atoms with E-state index in [0.29, 0.717) is 12.6 Å². The largest absolute Gasteiger partial charge is 0.338 e. The van der Waals surface area contributed by atoms with E-state index in [1.165, 1.54) is 5.56 Å². The molecule has 20 heavy (non-hydrogen) atoms. The predicted molar refractivity (Wildman–Crippen MR) is 82.4 cm³/mol. The minimum Gasteiger partial charge on any atom is -0.338 e. The van der Waals surface area contributed by atoms with Crippen LogP contribution in [0.4, 0.5) is 0 Å². The van der Waals surface area contributed by atoms with Crippen LogP contribution in [0.25, 0.3) is 0 Å². The quantitative estimate of drug-likeness (QED) is 0.856. The minimum atomic E-state index is 0.0599. The first kappa shape index (κ1) is 15.0. The molecule has 110 valence electrons. The number of hydrogen-bond acceptors (Lipinski definition) is 2. The Kier molecular flexibility index (Phi) is 4.19. The summed E-state index contributed by atoms with van der Waals surface area (Å²) in [6.07, 6.45) is 2.99. The number of hydrogen-bond donors (Lipinski definition) is 1. The lowest BCUT2D eigenvalue weighted by molar-refractivity contribution is -0.122. The number of piperidine rings is 1. The molecule has 0 aliphatic carbocycles. The topological polar surface area (TPSA) is 32.3 Å². The van der Waals surface area contributed by atoms with Gasteiger partial charge in [0.1, 0.15) is 0 Å². The molecule has 0 bridgehead atoms. The molecule has 1 N–H and O–H groups in total. The molecule has 0 unspecified atom stereocenters. The minimum absolute atomic E-state index is 0.0599. The van der Waals surface area contributed by atoms with Gasteiger partial charge >= 0.3 is 0 Å². The van der Waals surface area contributed by atoms with Gasteiger partial charge in [0.15, 0.2) is 0 Å². The molecule has 1 fully saturated rings. The van der Waals surface area contributed by atoms with Crippen molar-refractivity contribution in [1.82, 2.24) is 10.2 Å². The second-order valence-electron chi connectivity index (χ2n) is 7.22. The Bertz CT molecular complexity index is 437. The fourth-order valence-electron chi connectivity index (χ4n) is 3.55. The van der Waals surface area contributed by atoms with Crippen LogP contribution in [0, 0.1) is 0 Å². The van der Waals surface area contributed by atoms with E-state index in [0.717, 1.165) is 19.3 Å². The molecule has 0 saturated carbocycles. The second kappa shape index (κ2) is 5.57. The molecule has 1 amide bonds. The van der Waals surface area contributed by atoms with Crippen LogP contribution >= 0.6 is 0 Å². The Morgan fingerprint density at radius 3 is 2.20 bits per heavy atom. The Morgan fingerprint density at radius 2 is 1.70 bits per heavy atom. The molecule has 0 spiro atoms. The molecule has 0 radical (unpaired) electrons. The number of carbonyl (C=O) groups is 1. The maximum atomic E-state index is 11.5. The van der Waals surface area contributed by atoms with Gasteiger partial charge in [0.25, 0.3) is 0 Å². The van der Waals surface area contributed by atoms with Crippen molar-refractivity contribution in [2.75, 3.05) is 0 Å². The van der Waals surface area contributed by atoms with Crippen molar-refractivity contribution in [3.05, 3.63) is 35.9 Å². The van der Waals surface area contributed by atoms with Gasteiger partial charge in [-0.05, 0) is 46.1 Å². The summed E-state index contributed by atoms with van der Waals surface area (Å²) in [4.78, 5) is 13.5. The van der Waals surface area contributed by atoms with Gasteiger partial charge in [0.05, 0.1) is 0 Å². The lowest BCUT2D eigenvalue weighted by Gasteiger charge is -2.49. The SMILES string of the molecule is CC1(C)CC(N(C=O)Cc2ccccc2)CC(C)(C)N1. The van der Waals surface area contributed by atoms with Crippen molar-refractivity contribution in [2.45, 2.75) is 64.2 Å². The molecule has 0 aromatic heterocycles. The van der Waals surface area contributed by atoms with Crippen molar-refractivity contribution in [1.29, 1.82) is 0 Å². The van der Waals surface area contributed by atoms with Gasteiger partial charge in [-0.25, -0.2) is 0 Å². The number of carbonyl (C=O) groups excluding carboxylic acids is 1. The summed E-state index contributed by atoms with van der Waals surface area (Å²) in [6.45, 7) is 9.55. The van der Waals surface area contributed by atoms with Crippen molar-refractivity contribution in [3.8, 4) is 0 Å². The van der Waals surface area contributed by atoms with E-state index in [1.54, 1.807) is 0 Å². The van der Waals surface area contributed by atoms with E-state index in [1.807, 2.05) is 23.1 Å². The number of benzene rings is 1. The Balaban J connectivity index is 2.13. The Hall–Kier alpha value is -1.35. The summed E-state index contributed by atoms with van der Waals surface area (Å²) >= 11 is 0. The van der Waals surface area contributed by atoms with Crippen molar-refractivity contribution < 1.29 is 4.79 Å². The molecule has 3 nitrogen and oxygen atoms in total. The summed E-state index contributed by atoms with van der Waals surface area (Å²) in [6, 6.07) is 10.5. The average molecular weight is 274 g/mol. The molecular weight excluding hydrogens is 248 g/mol. The zero-order valence-corrected chi connectivity index (χ0v) is 13.0. The maximum Gasteiger partial charge on any atom is 0.210 e.